The van der Waals surface area contributed by atoms with Crippen molar-refractivity contribution in [2.24, 2.45) is 0 Å². The first-order valence-corrected chi connectivity index (χ1v) is 11.4. The van der Waals surface area contributed by atoms with Gasteiger partial charge in [-0.1, -0.05) is 96.5 Å². The molecule has 4 aromatic carbocycles. The number of aromatic amines is 1. The van der Waals surface area contributed by atoms with Crippen molar-refractivity contribution in [2.45, 2.75) is 0 Å². The molecule has 5 heteroatoms. The number of hydrogen-bond acceptors (Lipinski definition) is 2. The number of fused-ring (bicyclic) bond motifs is 1. The number of pyridine rings is 1. The van der Waals surface area contributed by atoms with E-state index < -0.39 is 0 Å². The molecular formula is C30H23Cl2N3. The van der Waals surface area contributed by atoms with Gasteiger partial charge < -0.3 is 4.98 Å². The highest BCUT2D eigenvalue weighted by Crippen LogP contribution is 2.33. The van der Waals surface area contributed by atoms with Gasteiger partial charge in [-0.25, -0.2) is 4.98 Å². The Bertz CT molecular complexity index is 1370. The van der Waals surface area contributed by atoms with E-state index in [1.54, 1.807) is 0 Å². The number of imidazole rings is 1. The summed E-state index contributed by atoms with van der Waals surface area (Å²) >= 11 is 6.00. The first kappa shape index (κ1) is 24.2. The molecule has 35 heavy (non-hydrogen) atoms. The van der Waals surface area contributed by atoms with Crippen LogP contribution in [0.4, 0.5) is 0 Å². The van der Waals surface area contributed by atoms with Gasteiger partial charge in [0.05, 0.1) is 16.9 Å². The molecule has 172 valence electrons. The van der Waals surface area contributed by atoms with Gasteiger partial charge >= 0.3 is 0 Å². The van der Waals surface area contributed by atoms with Crippen LogP contribution < -0.4 is 0 Å². The van der Waals surface area contributed by atoms with Crippen molar-refractivity contribution < 1.29 is 0 Å². The number of benzene rings is 4. The third-order valence-electron chi connectivity index (χ3n) is 5.44. The van der Waals surface area contributed by atoms with Crippen LogP contribution in [0.5, 0.6) is 0 Å². The summed E-state index contributed by atoms with van der Waals surface area (Å²) in [4.78, 5) is 12.5. The second kappa shape index (κ2) is 11.5. The van der Waals surface area contributed by atoms with E-state index >= 15 is 0 Å². The van der Waals surface area contributed by atoms with Gasteiger partial charge in [-0.2, -0.15) is 0 Å². The Hall–Kier alpha value is -3.92. The molecule has 0 aliphatic heterocycles. The molecule has 0 amide bonds. The summed E-state index contributed by atoms with van der Waals surface area (Å²) in [7, 11) is 0. The van der Waals surface area contributed by atoms with Crippen molar-refractivity contribution in [1.82, 2.24) is 15.0 Å². The molecule has 0 atom stereocenters. The smallest absolute Gasteiger partial charge is 0.138 e. The van der Waals surface area contributed by atoms with E-state index in [0.29, 0.717) is 0 Å². The van der Waals surface area contributed by atoms with Crippen molar-refractivity contribution in [3.05, 3.63) is 133 Å². The fraction of sp³-hybridized carbons (Fsp3) is 0. The molecule has 0 aliphatic rings. The van der Waals surface area contributed by atoms with Crippen LogP contribution in [0.15, 0.2) is 128 Å². The van der Waals surface area contributed by atoms with Crippen LogP contribution in [-0.4, -0.2) is 15.0 Å². The molecule has 2 heterocycles. The van der Waals surface area contributed by atoms with E-state index in [1.807, 2.05) is 91.1 Å². The second-order valence-electron chi connectivity index (χ2n) is 7.74. The van der Waals surface area contributed by atoms with Gasteiger partial charge in [-0.15, -0.1) is 12.4 Å². The van der Waals surface area contributed by atoms with Gasteiger partial charge in [0.25, 0.3) is 0 Å². The van der Waals surface area contributed by atoms with Gasteiger partial charge in [0.2, 0.25) is 0 Å². The Morgan fingerprint density at radius 2 is 1.17 bits per heavy atom. The lowest BCUT2D eigenvalue weighted by Gasteiger charge is -2.02. The molecule has 6 rings (SSSR count). The molecule has 0 spiro atoms. The molecule has 0 bridgehead atoms. The van der Waals surface area contributed by atoms with E-state index in [1.165, 1.54) is 5.39 Å². The standard InChI is InChI=1S/C21H15ClN2.C9H7N.ClH/c22-18-13-11-17(12-14-18)21-23-19(15-7-3-1-4-8-15)20(24-21)16-9-5-2-6-10-16;1-2-6-9-8(4-1)5-3-7-10-9;/h1-14H,(H,23,24);1-7H;1H. The third kappa shape index (κ3) is 5.78. The van der Waals surface area contributed by atoms with Crippen molar-refractivity contribution in [3.63, 3.8) is 0 Å². The summed E-state index contributed by atoms with van der Waals surface area (Å²) in [6.07, 6.45) is 1.81. The maximum absolute atomic E-state index is 6.00. The van der Waals surface area contributed by atoms with Crippen molar-refractivity contribution >= 4 is 34.9 Å². The van der Waals surface area contributed by atoms with Gasteiger partial charge in [0.15, 0.2) is 0 Å². The number of nitrogens with one attached hydrogen (secondary N) is 1. The minimum Gasteiger partial charge on any atom is -0.337 e. The minimum absolute atomic E-state index is 0. The Labute approximate surface area is 215 Å². The van der Waals surface area contributed by atoms with Gasteiger partial charge in [0, 0.05) is 33.3 Å². The zero-order chi connectivity index (χ0) is 23.2. The lowest BCUT2D eigenvalue weighted by Crippen LogP contribution is -1.82. The number of H-pyrrole nitrogens is 1. The molecular weight excluding hydrogens is 473 g/mol. The largest absolute Gasteiger partial charge is 0.337 e. The van der Waals surface area contributed by atoms with Gasteiger partial charge in [-0.05, 0) is 36.4 Å². The van der Waals surface area contributed by atoms with Crippen molar-refractivity contribution in [1.29, 1.82) is 0 Å². The highest BCUT2D eigenvalue weighted by Gasteiger charge is 2.14. The maximum atomic E-state index is 6.00. The molecule has 0 aliphatic carbocycles. The summed E-state index contributed by atoms with van der Waals surface area (Å²) in [5.41, 5.74) is 6.25. The third-order valence-corrected chi connectivity index (χ3v) is 5.70. The molecule has 0 saturated heterocycles. The average Bonchev–Trinajstić information content (AvgIpc) is 3.36. The van der Waals surface area contributed by atoms with E-state index in [-0.39, 0.29) is 12.4 Å². The van der Waals surface area contributed by atoms with Gasteiger partial charge in [-0.3, -0.25) is 4.98 Å². The Morgan fingerprint density at radius 3 is 1.86 bits per heavy atom. The average molecular weight is 496 g/mol. The molecule has 1 N–H and O–H groups in total. The molecule has 0 radical (unpaired) electrons. The van der Waals surface area contributed by atoms with Crippen molar-refractivity contribution in [2.75, 3.05) is 0 Å². The fourth-order valence-electron chi connectivity index (χ4n) is 3.75. The first-order valence-electron chi connectivity index (χ1n) is 11.0. The van der Waals surface area contributed by atoms with E-state index in [2.05, 4.69) is 46.4 Å². The first-order chi connectivity index (χ1) is 16.8. The van der Waals surface area contributed by atoms with E-state index in [9.17, 15) is 0 Å². The zero-order valence-electron chi connectivity index (χ0n) is 18.8. The number of nitrogens with zero attached hydrogens (tertiary/aromatic N) is 2. The number of aromatic nitrogens is 3. The quantitative estimate of drug-likeness (QED) is 0.266. The number of halogens is 2. The fourth-order valence-corrected chi connectivity index (χ4v) is 3.88. The Balaban J connectivity index is 0.000000220. The van der Waals surface area contributed by atoms with E-state index in [4.69, 9.17) is 16.6 Å². The molecule has 2 aromatic heterocycles. The SMILES string of the molecule is Cl.Clc1ccc(-c2nc(-c3ccccc3)c(-c3ccccc3)[nH]2)cc1.c1ccc2ncccc2c1. The molecule has 0 unspecified atom stereocenters. The maximum Gasteiger partial charge on any atom is 0.138 e. The molecule has 0 fully saturated rings. The minimum atomic E-state index is 0. The number of hydrogen-bond donors (Lipinski definition) is 1. The number of para-hydroxylation sites is 1. The summed E-state index contributed by atoms with van der Waals surface area (Å²) in [5, 5.41) is 1.92. The van der Waals surface area contributed by atoms with Crippen molar-refractivity contribution in [3.8, 4) is 33.9 Å². The second-order valence-corrected chi connectivity index (χ2v) is 8.18. The van der Waals surface area contributed by atoms with Gasteiger partial charge in [0.1, 0.15) is 5.82 Å². The molecule has 0 saturated carbocycles. The van der Waals surface area contributed by atoms with Crippen LogP contribution in [0.1, 0.15) is 0 Å². The van der Waals surface area contributed by atoms with Crippen LogP contribution in [0.3, 0.4) is 0 Å². The van der Waals surface area contributed by atoms with Crippen LogP contribution in [0.2, 0.25) is 5.02 Å². The lowest BCUT2D eigenvalue weighted by molar-refractivity contribution is 1.31. The topological polar surface area (TPSA) is 41.6 Å². The van der Waals surface area contributed by atoms with E-state index in [0.717, 1.165) is 44.4 Å². The van der Waals surface area contributed by atoms with Crippen LogP contribution in [-0.2, 0) is 0 Å². The summed E-state index contributed by atoms with van der Waals surface area (Å²) in [5.74, 6) is 0.837. The highest BCUT2D eigenvalue weighted by atomic mass is 35.5. The Morgan fingerprint density at radius 1 is 0.571 bits per heavy atom. The Kier molecular flexibility index (Phi) is 7.94. The predicted octanol–water partition coefficient (Wildman–Crippen LogP) is 8.72. The van der Waals surface area contributed by atoms with Crippen LogP contribution in [0.25, 0.3) is 44.8 Å². The number of rotatable bonds is 3. The predicted molar refractivity (Wildman–Crippen MR) is 149 cm³/mol. The molecule has 3 nitrogen and oxygen atoms in total. The summed E-state index contributed by atoms with van der Waals surface area (Å²) in [6.45, 7) is 0. The normalized spacial score (nSPS) is 10.2. The highest BCUT2D eigenvalue weighted by molar-refractivity contribution is 6.30. The molecule has 6 aromatic rings. The van der Waals surface area contributed by atoms with Crippen LogP contribution >= 0.6 is 24.0 Å². The summed E-state index contributed by atoms with van der Waals surface area (Å²) < 4.78 is 0. The summed E-state index contributed by atoms with van der Waals surface area (Å²) in [6, 6.07) is 40.3. The zero-order valence-corrected chi connectivity index (χ0v) is 20.4. The van der Waals surface area contributed by atoms with Crippen LogP contribution in [0, 0.1) is 0 Å². The monoisotopic (exact) mass is 495 g/mol. The lowest BCUT2D eigenvalue weighted by atomic mass is 10.1.